The number of benzene rings is 1. The molecule has 0 spiro atoms. The van der Waals surface area contributed by atoms with E-state index in [-0.39, 0.29) is 18.3 Å². The van der Waals surface area contributed by atoms with E-state index < -0.39 is 5.60 Å². The highest BCUT2D eigenvalue weighted by Crippen LogP contribution is 2.27. The minimum Gasteiger partial charge on any atom is -0.460 e. The molecule has 1 amide bonds. The molecule has 5 nitrogen and oxygen atoms in total. The Hall–Kier alpha value is -2.21. The Morgan fingerprint density at radius 2 is 1.79 bits per heavy atom. The van der Waals surface area contributed by atoms with Gasteiger partial charge in [-0.3, -0.25) is 9.59 Å². The van der Waals surface area contributed by atoms with E-state index in [1.165, 1.54) is 11.3 Å². The zero-order valence-electron chi connectivity index (χ0n) is 14.6. The standard InChI is InChI=1S/C18H22N2O3S/c1-18(2,3)23-16(21)10-15-19-11-14(24-15)12-6-8-13(9-7-12)17(22)20(4)5/h6-9,11H,10H2,1-5H3. The van der Waals surface area contributed by atoms with Gasteiger partial charge in [0.25, 0.3) is 5.91 Å². The van der Waals surface area contributed by atoms with Crippen molar-refractivity contribution in [2.45, 2.75) is 32.8 Å². The summed E-state index contributed by atoms with van der Waals surface area (Å²) in [7, 11) is 3.45. The number of amides is 1. The fourth-order valence-electron chi connectivity index (χ4n) is 2.06. The Balaban J connectivity index is 2.08. The molecule has 2 rings (SSSR count). The van der Waals surface area contributed by atoms with Crippen molar-refractivity contribution in [3.63, 3.8) is 0 Å². The number of hydrogen-bond donors (Lipinski definition) is 0. The lowest BCUT2D eigenvalue weighted by molar-refractivity contribution is -0.153. The molecule has 0 saturated heterocycles. The average Bonchev–Trinajstić information content (AvgIpc) is 2.92. The molecule has 0 saturated carbocycles. The summed E-state index contributed by atoms with van der Waals surface area (Å²) in [6.45, 7) is 5.53. The summed E-state index contributed by atoms with van der Waals surface area (Å²) in [5.74, 6) is -0.313. The van der Waals surface area contributed by atoms with Gasteiger partial charge in [-0.1, -0.05) is 12.1 Å². The number of ether oxygens (including phenoxy) is 1. The van der Waals surface area contributed by atoms with Crippen LogP contribution in [0.5, 0.6) is 0 Å². The zero-order chi connectivity index (χ0) is 17.9. The van der Waals surface area contributed by atoms with Gasteiger partial charge < -0.3 is 9.64 Å². The Morgan fingerprint density at radius 3 is 2.33 bits per heavy atom. The lowest BCUT2D eigenvalue weighted by Crippen LogP contribution is -2.24. The number of aromatic nitrogens is 1. The van der Waals surface area contributed by atoms with Gasteiger partial charge in [-0.15, -0.1) is 11.3 Å². The number of rotatable bonds is 4. The lowest BCUT2D eigenvalue weighted by Gasteiger charge is -2.18. The van der Waals surface area contributed by atoms with Gasteiger partial charge in [-0.05, 0) is 38.5 Å². The first-order valence-corrected chi connectivity index (χ1v) is 8.46. The SMILES string of the molecule is CN(C)C(=O)c1ccc(-c2cnc(CC(=O)OC(C)(C)C)s2)cc1. The summed E-state index contributed by atoms with van der Waals surface area (Å²) in [6.07, 6.45) is 1.91. The molecule has 128 valence electrons. The molecule has 0 bridgehead atoms. The predicted octanol–water partition coefficient (Wildman–Crippen LogP) is 3.40. The summed E-state index contributed by atoms with van der Waals surface area (Å²) in [5.41, 5.74) is 1.12. The number of thiazole rings is 1. The van der Waals surface area contributed by atoms with Gasteiger partial charge in [-0.25, -0.2) is 4.98 Å². The first-order chi connectivity index (χ1) is 11.2. The van der Waals surface area contributed by atoms with Crippen molar-refractivity contribution in [1.29, 1.82) is 0 Å². The highest BCUT2D eigenvalue weighted by atomic mass is 32.1. The van der Waals surface area contributed by atoms with Crippen molar-refractivity contribution in [3.05, 3.63) is 41.0 Å². The molecular formula is C18H22N2O3S. The maximum Gasteiger partial charge on any atom is 0.313 e. The third kappa shape index (κ3) is 4.89. The van der Waals surface area contributed by atoms with Crippen molar-refractivity contribution in [3.8, 4) is 10.4 Å². The van der Waals surface area contributed by atoms with Crippen LogP contribution in [0.2, 0.25) is 0 Å². The molecule has 0 fully saturated rings. The second-order valence-corrected chi connectivity index (χ2v) is 7.77. The van der Waals surface area contributed by atoms with Gasteiger partial charge in [0.1, 0.15) is 10.6 Å². The van der Waals surface area contributed by atoms with Crippen molar-refractivity contribution in [2.75, 3.05) is 14.1 Å². The number of carbonyl (C=O) groups excluding carboxylic acids is 2. The molecule has 0 aliphatic rings. The van der Waals surface area contributed by atoms with Crippen LogP contribution in [0.15, 0.2) is 30.5 Å². The van der Waals surface area contributed by atoms with Crippen LogP contribution in [-0.4, -0.2) is 41.5 Å². The molecule has 0 atom stereocenters. The maximum absolute atomic E-state index is 11.9. The second-order valence-electron chi connectivity index (χ2n) is 6.66. The van der Waals surface area contributed by atoms with Gasteiger partial charge in [0.15, 0.2) is 0 Å². The summed E-state index contributed by atoms with van der Waals surface area (Å²) in [6, 6.07) is 7.37. The van der Waals surface area contributed by atoms with E-state index in [0.717, 1.165) is 10.4 Å². The number of hydrogen-bond acceptors (Lipinski definition) is 5. The van der Waals surface area contributed by atoms with Gasteiger partial charge in [0.05, 0.1) is 11.3 Å². The highest BCUT2D eigenvalue weighted by molar-refractivity contribution is 7.15. The first-order valence-electron chi connectivity index (χ1n) is 7.64. The number of carbonyl (C=O) groups is 2. The number of nitrogens with zero attached hydrogens (tertiary/aromatic N) is 2. The molecule has 0 aliphatic carbocycles. The van der Waals surface area contributed by atoms with Gasteiger partial charge >= 0.3 is 5.97 Å². The maximum atomic E-state index is 11.9. The van der Waals surface area contributed by atoms with Crippen molar-refractivity contribution >= 4 is 23.2 Å². The van der Waals surface area contributed by atoms with Crippen molar-refractivity contribution in [1.82, 2.24) is 9.88 Å². The minimum atomic E-state index is -0.494. The van der Waals surface area contributed by atoms with Crippen LogP contribution in [0.4, 0.5) is 0 Å². The normalized spacial score (nSPS) is 11.2. The molecule has 0 N–H and O–H groups in total. The van der Waals surface area contributed by atoms with E-state index in [1.807, 2.05) is 32.9 Å². The third-order valence-corrected chi connectivity index (χ3v) is 4.14. The van der Waals surface area contributed by atoms with Gasteiger partial charge in [0, 0.05) is 25.9 Å². The van der Waals surface area contributed by atoms with E-state index in [9.17, 15) is 9.59 Å². The van der Waals surface area contributed by atoms with E-state index >= 15 is 0 Å². The third-order valence-electron chi connectivity index (χ3n) is 3.09. The topological polar surface area (TPSA) is 59.5 Å². The smallest absolute Gasteiger partial charge is 0.313 e. The second kappa shape index (κ2) is 7.13. The average molecular weight is 346 g/mol. The van der Waals surface area contributed by atoms with E-state index in [2.05, 4.69) is 4.98 Å². The fourth-order valence-corrected chi connectivity index (χ4v) is 2.97. The fraction of sp³-hybridized carbons (Fsp3) is 0.389. The van der Waals surface area contributed by atoms with Crippen LogP contribution in [0, 0.1) is 0 Å². The molecular weight excluding hydrogens is 324 g/mol. The molecule has 24 heavy (non-hydrogen) atoms. The summed E-state index contributed by atoms with van der Waals surface area (Å²) in [4.78, 5) is 30.5. The molecule has 1 aromatic heterocycles. The van der Waals surface area contributed by atoms with Crippen LogP contribution in [-0.2, 0) is 16.0 Å². The van der Waals surface area contributed by atoms with Crippen LogP contribution in [0.1, 0.15) is 36.1 Å². The monoisotopic (exact) mass is 346 g/mol. The molecule has 0 unspecified atom stereocenters. The Kier molecular flexibility index (Phi) is 5.39. The van der Waals surface area contributed by atoms with E-state index in [0.29, 0.717) is 10.6 Å². The van der Waals surface area contributed by atoms with Crippen LogP contribution in [0.25, 0.3) is 10.4 Å². The summed E-state index contributed by atoms with van der Waals surface area (Å²) < 4.78 is 5.31. The lowest BCUT2D eigenvalue weighted by atomic mass is 10.1. The molecule has 0 aliphatic heterocycles. The minimum absolute atomic E-state index is 0.0310. The largest absolute Gasteiger partial charge is 0.460 e. The molecule has 1 heterocycles. The summed E-state index contributed by atoms with van der Waals surface area (Å²) >= 11 is 1.45. The Labute approximate surface area is 146 Å². The first kappa shape index (κ1) is 18.1. The van der Waals surface area contributed by atoms with Crippen LogP contribution in [0.3, 0.4) is 0 Å². The van der Waals surface area contributed by atoms with Crippen LogP contribution < -0.4 is 0 Å². The van der Waals surface area contributed by atoms with Gasteiger partial charge in [0.2, 0.25) is 0 Å². The molecule has 6 heteroatoms. The molecule has 0 radical (unpaired) electrons. The molecule has 2 aromatic rings. The highest BCUT2D eigenvalue weighted by Gasteiger charge is 2.18. The van der Waals surface area contributed by atoms with Crippen LogP contribution >= 0.6 is 11.3 Å². The zero-order valence-corrected chi connectivity index (χ0v) is 15.4. The summed E-state index contributed by atoms with van der Waals surface area (Å²) in [5, 5.41) is 0.715. The van der Waals surface area contributed by atoms with Gasteiger partial charge in [-0.2, -0.15) is 0 Å². The number of esters is 1. The Morgan fingerprint density at radius 1 is 1.17 bits per heavy atom. The predicted molar refractivity (Wildman–Crippen MR) is 95.1 cm³/mol. The van der Waals surface area contributed by atoms with Crippen molar-refractivity contribution < 1.29 is 14.3 Å². The Bertz CT molecular complexity index is 727. The molecule has 1 aromatic carbocycles. The van der Waals surface area contributed by atoms with E-state index in [1.54, 1.807) is 37.3 Å². The van der Waals surface area contributed by atoms with Crippen molar-refractivity contribution in [2.24, 2.45) is 0 Å². The quantitative estimate of drug-likeness (QED) is 0.796. The van der Waals surface area contributed by atoms with E-state index in [4.69, 9.17) is 4.74 Å².